The number of hydrogen-bond acceptors (Lipinski definition) is 4. The zero-order valence-corrected chi connectivity index (χ0v) is 18.7. The number of anilines is 2. The molecule has 1 amide bonds. The molecule has 6 nitrogen and oxygen atoms in total. The van der Waals surface area contributed by atoms with Crippen molar-refractivity contribution in [1.82, 2.24) is 0 Å². The summed E-state index contributed by atoms with van der Waals surface area (Å²) in [4.78, 5) is 12.6. The Morgan fingerprint density at radius 1 is 0.968 bits per heavy atom. The molecule has 162 valence electrons. The first-order valence-corrected chi connectivity index (χ1v) is 11.6. The summed E-state index contributed by atoms with van der Waals surface area (Å²) in [5.74, 6) is 0.336. The number of nitrogens with one attached hydrogen (secondary N) is 2. The fourth-order valence-corrected chi connectivity index (χ4v) is 4.03. The minimum Gasteiger partial charge on any atom is -0.481 e. The van der Waals surface area contributed by atoms with Crippen LogP contribution in [-0.4, -0.2) is 20.4 Å². The Balaban J connectivity index is 1.64. The van der Waals surface area contributed by atoms with Crippen LogP contribution in [0.4, 0.5) is 11.4 Å². The fraction of sp³-hybridized carbons (Fsp3) is 0.174. The third-order valence-corrected chi connectivity index (χ3v) is 6.20. The Hall–Kier alpha value is -3.03. The van der Waals surface area contributed by atoms with E-state index in [1.54, 1.807) is 31.2 Å². The Bertz CT molecular complexity index is 1150. The number of benzene rings is 3. The highest BCUT2D eigenvalue weighted by Crippen LogP contribution is 2.22. The molecule has 0 aliphatic carbocycles. The van der Waals surface area contributed by atoms with E-state index in [2.05, 4.69) is 10.0 Å². The van der Waals surface area contributed by atoms with Crippen molar-refractivity contribution in [2.75, 3.05) is 10.0 Å². The largest absolute Gasteiger partial charge is 0.481 e. The van der Waals surface area contributed by atoms with E-state index in [4.69, 9.17) is 16.3 Å². The van der Waals surface area contributed by atoms with E-state index < -0.39 is 16.1 Å². The number of ether oxygens (including phenoxy) is 1. The molecule has 8 heteroatoms. The van der Waals surface area contributed by atoms with Crippen molar-refractivity contribution in [3.8, 4) is 5.75 Å². The summed E-state index contributed by atoms with van der Waals surface area (Å²) in [7, 11) is -3.77. The summed E-state index contributed by atoms with van der Waals surface area (Å²) < 4.78 is 33.4. The molecular weight excluding hydrogens is 436 g/mol. The summed E-state index contributed by atoms with van der Waals surface area (Å²) in [5, 5.41) is 3.25. The van der Waals surface area contributed by atoms with Gasteiger partial charge in [0, 0.05) is 16.4 Å². The third-order valence-electron chi connectivity index (χ3n) is 4.56. The quantitative estimate of drug-likeness (QED) is 0.491. The van der Waals surface area contributed by atoms with Crippen LogP contribution in [0.3, 0.4) is 0 Å². The van der Waals surface area contributed by atoms with Crippen LogP contribution in [0.25, 0.3) is 0 Å². The smallest absolute Gasteiger partial charge is 0.265 e. The lowest BCUT2D eigenvalue weighted by Gasteiger charge is -2.17. The van der Waals surface area contributed by atoms with Crippen LogP contribution in [0.2, 0.25) is 5.02 Å². The second kappa shape index (κ2) is 9.85. The van der Waals surface area contributed by atoms with E-state index in [0.29, 0.717) is 22.1 Å². The summed E-state index contributed by atoms with van der Waals surface area (Å²) in [6.45, 7) is 3.68. The second-order valence-electron chi connectivity index (χ2n) is 6.85. The van der Waals surface area contributed by atoms with Crippen LogP contribution in [0, 0.1) is 0 Å². The lowest BCUT2D eigenvalue weighted by molar-refractivity contribution is -0.122. The molecule has 3 aromatic rings. The SMILES string of the molecule is CCc1ccccc1OC(C)C(=O)Nc1ccc(S(=O)(=O)Nc2ccc(Cl)cc2)cc1. The van der Waals surface area contributed by atoms with Crippen LogP contribution in [0.1, 0.15) is 19.4 Å². The predicted molar refractivity (Wildman–Crippen MR) is 123 cm³/mol. The second-order valence-corrected chi connectivity index (χ2v) is 8.97. The molecule has 0 spiro atoms. The van der Waals surface area contributed by atoms with Gasteiger partial charge in [-0.25, -0.2) is 8.42 Å². The maximum absolute atomic E-state index is 12.5. The van der Waals surface area contributed by atoms with Crippen LogP contribution in [0.15, 0.2) is 77.7 Å². The van der Waals surface area contributed by atoms with Crippen molar-refractivity contribution in [3.05, 3.63) is 83.4 Å². The Kier molecular flexibility index (Phi) is 7.20. The van der Waals surface area contributed by atoms with Gasteiger partial charge in [-0.3, -0.25) is 9.52 Å². The third kappa shape index (κ3) is 5.99. The highest BCUT2D eigenvalue weighted by Gasteiger charge is 2.18. The molecule has 0 aromatic heterocycles. The lowest BCUT2D eigenvalue weighted by Crippen LogP contribution is -2.30. The number of rotatable bonds is 8. The van der Waals surface area contributed by atoms with Gasteiger partial charge >= 0.3 is 0 Å². The minimum absolute atomic E-state index is 0.0709. The van der Waals surface area contributed by atoms with Crippen LogP contribution in [0.5, 0.6) is 5.75 Å². The van der Waals surface area contributed by atoms with Crippen molar-refractivity contribution < 1.29 is 17.9 Å². The van der Waals surface area contributed by atoms with Gasteiger partial charge in [0.05, 0.1) is 4.90 Å². The Morgan fingerprint density at radius 2 is 1.58 bits per heavy atom. The molecule has 0 bridgehead atoms. The van der Waals surface area contributed by atoms with Crippen LogP contribution in [-0.2, 0) is 21.2 Å². The molecular formula is C23H23ClN2O4S. The molecule has 3 rings (SSSR count). The van der Waals surface area contributed by atoms with Crippen LogP contribution < -0.4 is 14.8 Å². The number of carbonyl (C=O) groups excluding carboxylic acids is 1. The van der Waals surface area contributed by atoms with Gasteiger partial charge in [0.15, 0.2) is 6.10 Å². The van der Waals surface area contributed by atoms with Gasteiger partial charge in [-0.15, -0.1) is 0 Å². The number of para-hydroxylation sites is 1. The van der Waals surface area contributed by atoms with Gasteiger partial charge in [0.1, 0.15) is 5.75 Å². The molecule has 0 aliphatic rings. The molecule has 1 unspecified atom stereocenters. The molecule has 0 radical (unpaired) electrons. The molecule has 0 saturated heterocycles. The highest BCUT2D eigenvalue weighted by molar-refractivity contribution is 7.92. The van der Waals surface area contributed by atoms with Crippen molar-refractivity contribution in [1.29, 1.82) is 0 Å². The van der Waals surface area contributed by atoms with Crippen molar-refractivity contribution in [2.45, 2.75) is 31.3 Å². The van der Waals surface area contributed by atoms with Gasteiger partial charge in [-0.05, 0) is 73.5 Å². The van der Waals surface area contributed by atoms with Crippen molar-refractivity contribution in [3.63, 3.8) is 0 Å². The number of aryl methyl sites for hydroxylation is 1. The van der Waals surface area contributed by atoms with Gasteiger partial charge in [0.2, 0.25) is 0 Å². The number of carbonyl (C=O) groups is 1. The zero-order chi connectivity index (χ0) is 22.4. The highest BCUT2D eigenvalue weighted by atomic mass is 35.5. The number of halogens is 1. The van der Waals surface area contributed by atoms with E-state index in [-0.39, 0.29) is 10.8 Å². The van der Waals surface area contributed by atoms with Crippen molar-refractivity contribution in [2.24, 2.45) is 0 Å². The van der Waals surface area contributed by atoms with E-state index in [1.165, 1.54) is 24.3 Å². The van der Waals surface area contributed by atoms with E-state index >= 15 is 0 Å². The van der Waals surface area contributed by atoms with Gasteiger partial charge in [0.25, 0.3) is 15.9 Å². The van der Waals surface area contributed by atoms with E-state index in [9.17, 15) is 13.2 Å². The Labute approximate surface area is 187 Å². The molecule has 31 heavy (non-hydrogen) atoms. The zero-order valence-electron chi connectivity index (χ0n) is 17.1. The first-order valence-electron chi connectivity index (χ1n) is 9.72. The van der Waals surface area contributed by atoms with Crippen molar-refractivity contribution >= 4 is 38.9 Å². The average Bonchev–Trinajstić information content (AvgIpc) is 2.76. The van der Waals surface area contributed by atoms with Gasteiger partial charge in [-0.2, -0.15) is 0 Å². The maximum atomic E-state index is 12.5. The molecule has 0 fully saturated rings. The topological polar surface area (TPSA) is 84.5 Å². The van der Waals surface area contributed by atoms with E-state index in [0.717, 1.165) is 12.0 Å². The maximum Gasteiger partial charge on any atom is 0.265 e. The standard InChI is InChI=1S/C23H23ClN2O4S/c1-3-17-6-4-5-7-22(17)30-16(2)23(27)25-19-12-14-21(15-13-19)31(28,29)26-20-10-8-18(24)9-11-20/h4-16,26H,3H2,1-2H3,(H,25,27). The first-order chi connectivity index (χ1) is 14.8. The summed E-state index contributed by atoms with van der Waals surface area (Å²) >= 11 is 5.82. The Morgan fingerprint density at radius 3 is 2.23 bits per heavy atom. The normalized spacial score (nSPS) is 12.1. The fourth-order valence-electron chi connectivity index (χ4n) is 2.85. The molecule has 3 aromatic carbocycles. The minimum atomic E-state index is -3.77. The summed E-state index contributed by atoms with van der Waals surface area (Å²) in [6.07, 6.45) is 0.0764. The molecule has 0 heterocycles. The molecule has 0 aliphatic heterocycles. The molecule has 1 atom stereocenters. The van der Waals surface area contributed by atoms with E-state index in [1.807, 2.05) is 31.2 Å². The average molecular weight is 459 g/mol. The number of sulfonamides is 1. The predicted octanol–water partition coefficient (Wildman–Crippen LogP) is 5.11. The molecule has 2 N–H and O–H groups in total. The monoisotopic (exact) mass is 458 g/mol. The summed E-state index contributed by atoms with van der Waals surface area (Å²) in [5.41, 5.74) is 1.89. The number of amides is 1. The molecule has 0 saturated carbocycles. The van der Waals surface area contributed by atoms with Gasteiger partial charge in [-0.1, -0.05) is 36.7 Å². The lowest BCUT2D eigenvalue weighted by atomic mass is 10.1. The number of hydrogen-bond donors (Lipinski definition) is 2. The van der Waals surface area contributed by atoms with Gasteiger partial charge < -0.3 is 10.1 Å². The summed E-state index contributed by atoms with van der Waals surface area (Å²) in [6, 6.07) is 19.8. The first kappa shape index (κ1) is 22.7. The van der Waals surface area contributed by atoms with Crippen LogP contribution >= 0.6 is 11.6 Å².